The van der Waals surface area contributed by atoms with Crippen LogP contribution in [0, 0.1) is 0 Å². The lowest BCUT2D eigenvalue weighted by Gasteiger charge is -2.36. The predicted molar refractivity (Wildman–Crippen MR) is 127 cm³/mol. The fraction of sp³-hybridized carbons (Fsp3) is 0.308. The Morgan fingerprint density at radius 3 is 2.47 bits per heavy atom. The van der Waals surface area contributed by atoms with Gasteiger partial charge >= 0.3 is 0 Å². The molecule has 34 heavy (non-hydrogen) atoms. The minimum Gasteiger partial charge on any atom is -0.454 e. The summed E-state index contributed by atoms with van der Waals surface area (Å²) in [6.45, 7) is 3.03. The lowest BCUT2D eigenvalue weighted by Crippen LogP contribution is -2.55. The number of hydrogen-bond donors (Lipinski definition) is 2. The maximum atomic E-state index is 13.0. The summed E-state index contributed by atoms with van der Waals surface area (Å²) >= 11 is 0. The number of ether oxygens (including phenoxy) is 2. The van der Waals surface area contributed by atoms with Gasteiger partial charge in [0.2, 0.25) is 12.7 Å². The van der Waals surface area contributed by atoms with E-state index in [1.165, 1.54) is 0 Å². The number of nitrogens with one attached hydrogen (secondary N) is 1. The second kappa shape index (κ2) is 9.70. The van der Waals surface area contributed by atoms with Gasteiger partial charge in [-0.2, -0.15) is 0 Å². The molecule has 1 saturated heterocycles. The quantitative estimate of drug-likeness (QED) is 0.584. The number of rotatable bonds is 6. The third-order valence-electron chi connectivity index (χ3n) is 6.32. The van der Waals surface area contributed by atoms with Crippen molar-refractivity contribution in [2.45, 2.75) is 12.6 Å². The number of aliphatic hydroxyl groups excluding tert-OH is 1. The van der Waals surface area contributed by atoms with Crippen LogP contribution in [0.1, 0.15) is 15.9 Å². The smallest absolute Gasteiger partial charge is 0.252 e. The molecule has 0 aliphatic carbocycles. The van der Waals surface area contributed by atoms with Gasteiger partial charge in [0.05, 0.1) is 6.61 Å². The number of aliphatic hydroxyl groups is 1. The fourth-order valence-corrected chi connectivity index (χ4v) is 4.40. The van der Waals surface area contributed by atoms with Crippen molar-refractivity contribution in [3.05, 3.63) is 71.8 Å². The highest BCUT2D eigenvalue weighted by Crippen LogP contribution is 2.32. The number of amides is 2. The van der Waals surface area contributed by atoms with Crippen LogP contribution in [0.15, 0.2) is 60.7 Å². The summed E-state index contributed by atoms with van der Waals surface area (Å²) in [6.07, 6.45) is 0. The van der Waals surface area contributed by atoms with Crippen LogP contribution < -0.4 is 14.8 Å². The molecule has 0 spiro atoms. The van der Waals surface area contributed by atoms with Crippen LogP contribution in [0.3, 0.4) is 0 Å². The van der Waals surface area contributed by atoms with Crippen molar-refractivity contribution in [3.63, 3.8) is 0 Å². The number of carbonyl (C=O) groups is 2. The predicted octanol–water partition coefficient (Wildman–Crippen LogP) is 2.00. The molecule has 8 nitrogen and oxygen atoms in total. The average molecular weight is 462 g/mol. The van der Waals surface area contributed by atoms with E-state index in [1.807, 2.05) is 48.5 Å². The summed E-state index contributed by atoms with van der Waals surface area (Å²) in [5.74, 6) is 0.887. The Balaban J connectivity index is 1.16. The summed E-state index contributed by atoms with van der Waals surface area (Å²) in [4.78, 5) is 29.7. The first-order chi connectivity index (χ1) is 16.6. The lowest BCUT2D eigenvalue weighted by atomic mass is 10.1. The first-order valence-electron chi connectivity index (χ1n) is 11.4. The molecule has 176 valence electrons. The third-order valence-corrected chi connectivity index (χ3v) is 6.32. The molecule has 1 fully saturated rings. The largest absolute Gasteiger partial charge is 0.454 e. The van der Waals surface area contributed by atoms with Crippen molar-refractivity contribution in [2.24, 2.45) is 0 Å². The molecule has 2 aliphatic rings. The van der Waals surface area contributed by atoms with Gasteiger partial charge < -0.3 is 24.8 Å². The molecule has 1 atom stereocenters. The van der Waals surface area contributed by atoms with Gasteiger partial charge in [0.25, 0.3) is 5.91 Å². The van der Waals surface area contributed by atoms with Crippen LogP contribution in [0.2, 0.25) is 0 Å². The van der Waals surface area contributed by atoms with Crippen molar-refractivity contribution >= 4 is 22.6 Å². The maximum Gasteiger partial charge on any atom is 0.252 e. The molecule has 2 heterocycles. The first-order valence-corrected chi connectivity index (χ1v) is 11.4. The molecule has 0 unspecified atom stereocenters. The summed E-state index contributed by atoms with van der Waals surface area (Å²) < 4.78 is 10.8. The Morgan fingerprint density at radius 2 is 1.68 bits per heavy atom. The number of hydrogen-bond acceptors (Lipinski definition) is 6. The molecule has 8 heteroatoms. The molecular formula is C26H27N3O5. The van der Waals surface area contributed by atoms with Crippen molar-refractivity contribution < 1.29 is 24.2 Å². The number of carbonyl (C=O) groups excluding carboxylic acids is 2. The van der Waals surface area contributed by atoms with E-state index in [0.29, 0.717) is 31.7 Å². The molecule has 0 aromatic heterocycles. The van der Waals surface area contributed by atoms with Crippen molar-refractivity contribution in [1.82, 2.24) is 15.1 Å². The average Bonchev–Trinajstić information content (AvgIpc) is 3.35. The van der Waals surface area contributed by atoms with Gasteiger partial charge in [0, 0.05) is 38.3 Å². The van der Waals surface area contributed by atoms with E-state index in [2.05, 4.69) is 10.2 Å². The van der Waals surface area contributed by atoms with E-state index in [0.717, 1.165) is 34.4 Å². The molecule has 5 rings (SSSR count). The molecule has 3 aromatic rings. The van der Waals surface area contributed by atoms with Crippen LogP contribution in [-0.4, -0.2) is 72.3 Å². The van der Waals surface area contributed by atoms with Crippen LogP contribution in [0.4, 0.5) is 0 Å². The normalized spacial score (nSPS) is 16.4. The van der Waals surface area contributed by atoms with Crippen LogP contribution in [0.25, 0.3) is 10.8 Å². The Hall–Kier alpha value is -3.62. The number of benzene rings is 3. The van der Waals surface area contributed by atoms with E-state index in [9.17, 15) is 14.7 Å². The Bertz CT molecular complexity index is 1210. The standard InChI is InChI=1S/C26H27N3O5/c30-16-22(27-25(31)21-7-6-19-3-1-2-4-20(19)14-21)26(32)29-11-9-28(10-12-29)15-18-5-8-23-24(13-18)34-17-33-23/h1-8,13-14,22,30H,9-12,15-17H2,(H,27,31)/t22-/m0/s1. The zero-order valence-corrected chi connectivity index (χ0v) is 18.8. The van der Waals surface area contributed by atoms with Crippen molar-refractivity contribution in [3.8, 4) is 11.5 Å². The monoisotopic (exact) mass is 461 g/mol. The fourth-order valence-electron chi connectivity index (χ4n) is 4.40. The summed E-state index contributed by atoms with van der Waals surface area (Å²) in [5, 5.41) is 14.5. The van der Waals surface area contributed by atoms with E-state index in [1.54, 1.807) is 17.0 Å². The van der Waals surface area contributed by atoms with Crippen LogP contribution in [-0.2, 0) is 11.3 Å². The third kappa shape index (κ3) is 4.69. The van der Waals surface area contributed by atoms with E-state index in [4.69, 9.17) is 9.47 Å². The van der Waals surface area contributed by atoms with Gasteiger partial charge in [-0.15, -0.1) is 0 Å². The lowest BCUT2D eigenvalue weighted by molar-refractivity contribution is -0.136. The summed E-state index contributed by atoms with van der Waals surface area (Å²) in [5.41, 5.74) is 1.58. The van der Waals surface area contributed by atoms with E-state index < -0.39 is 12.6 Å². The number of fused-ring (bicyclic) bond motifs is 2. The molecule has 2 N–H and O–H groups in total. The zero-order valence-electron chi connectivity index (χ0n) is 18.8. The SMILES string of the molecule is O=C(N[C@@H](CO)C(=O)N1CCN(Cc2ccc3c(c2)OCO3)CC1)c1ccc2ccccc2c1. The number of piperazine rings is 1. The van der Waals surface area contributed by atoms with Crippen LogP contribution in [0.5, 0.6) is 11.5 Å². The van der Waals surface area contributed by atoms with Gasteiger partial charge in [0.1, 0.15) is 6.04 Å². The van der Waals surface area contributed by atoms with Gasteiger partial charge in [-0.1, -0.05) is 36.4 Å². The summed E-state index contributed by atoms with van der Waals surface area (Å²) in [7, 11) is 0. The van der Waals surface area contributed by atoms with Gasteiger partial charge in [0.15, 0.2) is 11.5 Å². The van der Waals surface area contributed by atoms with Gasteiger partial charge in [-0.3, -0.25) is 14.5 Å². The molecule has 0 saturated carbocycles. The summed E-state index contributed by atoms with van der Waals surface area (Å²) in [6, 6.07) is 18.1. The molecule has 0 bridgehead atoms. The van der Waals surface area contributed by atoms with Crippen molar-refractivity contribution in [2.75, 3.05) is 39.6 Å². The Labute approximate surface area is 197 Å². The molecule has 0 radical (unpaired) electrons. The van der Waals surface area contributed by atoms with E-state index in [-0.39, 0.29) is 18.6 Å². The second-order valence-corrected chi connectivity index (χ2v) is 8.56. The molecule has 3 aromatic carbocycles. The molecule has 2 amide bonds. The van der Waals surface area contributed by atoms with Crippen molar-refractivity contribution in [1.29, 1.82) is 0 Å². The minimum absolute atomic E-state index is 0.253. The highest BCUT2D eigenvalue weighted by molar-refractivity contribution is 6.00. The first kappa shape index (κ1) is 22.2. The van der Waals surface area contributed by atoms with Gasteiger partial charge in [-0.05, 0) is 40.6 Å². The van der Waals surface area contributed by atoms with Crippen LogP contribution >= 0.6 is 0 Å². The second-order valence-electron chi connectivity index (χ2n) is 8.56. The Kier molecular flexibility index (Phi) is 6.33. The minimum atomic E-state index is -0.973. The Morgan fingerprint density at radius 1 is 0.912 bits per heavy atom. The topological polar surface area (TPSA) is 91.3 Å². The number of nitrogens with zero attached hydrogens (tertiary/aromatic N) is 2. The molecule has 2 aliphatic heterocycles. The highest BCUT2D eigenvalue weighted by atomic mass is 16.7. The zero-order chi connectivity index (χ0) is 23.5. The van der Waals surface area contributed by atoms with E-state index >= 15 is 0 Å². The maximum absolute atomic E-state index is 13.0. The van der Waals surface area contributed by atoms with Gasteiger partial charge in [-0.25, -0.2) is 0 Å². The highest BCUT2D eigenvalue weighted by Gasteiger charge is 2.28. The molecular weight excluding hydrogens is 434 g/mol.